The fourth-order valence-electron chi connectivity index (χ4n) is 0.852. The highest BCUT2D eigenvalue weighted by Crippen LogP contribution is 2.24. The van der Waals surface area contributed by atoms with E-state index in [1.54, 1.807) is 6.07 Å². The molecule has 0 saturated carbocycles. The fraction of sp³-hybridized carbons (Fsp3) is 0. The second-order valence-corrected chi connectivity index (χ2v) is 3.08. The highest BCUT2D eigenvalue weighted by Gasteiger charge is 2.06. The van der Waals surface area contributed by atoms with E-state index in [-0.39, 0.29) is 16.4 Å². The molecule has 5 nitrogen and oxygen atoms in total. The van der Waals surface area contributed by atoms with Crippen LogP contribution in [-0.2, 0) is 0 Å². The van der Waals surface area contributed by atoms with Gasteiger partial charge in [-0.3, -0.25) is 10.8 Å². The second kappa shape index (κ2) is 5.09. The molecule has 0 aliphatic heterocycles. The van der Waals surface area contributed by atoms with Gasteiger partial charge in [0.15, 0.2) is 5.84 Å². The highest BCUT2D eigenvalue weighted by molar-refractivity contribution is 6.45. The molecular weight excluding hydrogens is 233 g/mol. The van der Waals surface area contributed by atoms with Crippen LogP contribution < -0.4 is 11.2 Å². The largest absolute Gasteiger partial charge is 0.382 e. The van der Waals surface area contributed by atoms with Crippen LogP contribution in [0, 0.1) is 22.6 Å². The smallest absolute Gasteiger partial charge is 0.201 e. The molecule has 0 radical (unpaired) electrons. The monoisotopic (exact) mass is 239 g/mol. The Morgan fingerprint density at radius 1 is 1.62 bits per heavy atom. The summed E-state index contributed by atoms with van der Waals surface area (Å²) in [6.45, 7) is 0. The zero-order chi connectivity index (χ0) is 12.1. The zero-order valence-corrected chi connectivity index (χ0v) is 8.72. The van der Waals surface area contributed by atoms with Gasteiger partial charge >= 0.3 is 0 Å². The summed E-state index contributed by atoms with van der Waals surface area (Å²) in [6, 6.07) is 5.70. The number of halogens is 2. The summed E-state index contributed by atoms with van der Waals surface area (Å²) in [5.41, 5.74) is 7.31. The molecule has 1 aromatic rings. The van der Waals surface area contributed by atoms with E-state index in [4.69, 9.17) is 28.0 Å². The fourth-order valence-corrected chi connectivity index (χ4v) is 1.02. The van der Waals surface area contributed by atoms with Crippen molar-refractivity contribution >= 4 is 28.8 Å². The Morgan fingerprint density at radius 2 is 2.31 bits per heavy atom. The molecule has 7 heteroatoms. The quantitative estimate of drug-likeness (QED) is 0.425. The van der Waals surface area contributed by atoms with E-state index in [2.05, 4.69) is 10.5 Å². The summed E-state index contributed by atoms with van der Waals surface area (Å²) in [6.07, 6.45) is 0. The van der Waals surface area contributed by atoms with Crippen molar-refractivity contribution in [1.29, 1.82) is 10.7 Å². The third kappa shape index (κ3) is 2.68. The molecule has 0 fully saturated rings. The van der Waals surface area contributed by atoms with Crippen molar-refractivity contribution < 1.29 is 4.39 Å². The summed E-state index contributed by atoms with van der Waals surface area (Å²) in [5, 5.41) is 18.9. The van der Waals surface area contributed by atoms with Gasteiger partial charge in [-0.05, 0) is 12.1 Å². The van der Waals surface area contributed by atoms with Gasteiger partial charge < -0.3 is 5.73 Å². The van der Waals surface area contributed by atoms with Gasteiger partial charge in [-0.15, -0.1) is 0 Å². The Kier molecular flexibility index (Phi) is 3.80. The van der Waals surface area contributed by atoms with Gasteiger partial charge in [-0.2, -0.15) is 10.4 Å². The molecular formula is C9H7ClFN5. The van der Waals surface area contributed by atoms with Crippen molar-refractivity contribution in [3.8, 4) is 6.07 Å². The predicted molar refractivity (Wildman–Crippen MR) is 60.0 cm³/mol. The number of benzene rings is 1. The minimum Gasteiger partial charge on any atom is -0.382 e. The molecule has 0 heterocycles. The molecule has 1 rings (SSSR count). The van der Waals surface area contributed by atoms with E-state index < -0.39 is 11.7 Å². The molecule has 0 aliphatic rings. The number of nitrogens with two attached hydrogens (primary N) is 1. The van der Waals surface area contributed by atoms with Crippen LogP contribution in [0.5, 0.6) is 0 Å². The maximum atomic E-state index is 13.0. The molecule has 0 unspecified atom stereocenters. The molecule has 0 spiro atoms. The lowest BCUT2D eigenvalue weighted by atomic mass is 10.3. The van der Waals surface area contributed by atoms with E-state index in [0.29, 0.717) is 0 Å². The van der Waals surface area contributed by atoms with Crippen LogP contribution in [0.4, 0.5) is 10.1 Å². The summed E-state index contributed by atoms with van der Waals surface area (Å²) in [7, 11) is 0. The topological polar surface area (TPSA) is 98.0 Å². The Bertz CT molecular complexity index is 491. The van der Waals surface area contributed by atoms with Crippen LogP contribution >= 0.6 is 11.6 Å². The number of hydrogen-bond donors (Lipinski definition) is 3. The van der Waals surface area contributed by atoms with E-state index in [1.165, 1.54) is 18.2 Å². The number of nitriles is 1. The third-order valence-electron chi connectivity index (χ3n) is 1.60. The summed E-state index contributed by atoms with van der Waals surface area (Å²) in [5.74, 6) is -1.09. The normalized spacial score (nSPS) is 10.7. The summed E-state index contributed by atoms with van der Waals surface area (Å²) >= 11 is 5.62. The number of amidine groups is 1. The number of hydrogen-bond acceptors (Lipinski definition) is 4. The van der Waals surface area contributed by atoms with Gasteiger partial charge in [0, 0.05) is 0 Å². The molecule has 4 N–H and O–H groups in total. The lowest BCUT2D eigenvalue weighted by Crippen LogP contribution is -2.21. The predicted octanol–water partition coefficient (Wildman–Crippen LogP) is 1.71. The molecule has 0 aliphatic carbocycles. The standard InChI is InChI=1S/C9H7ClFN5/c10-8-5(11)2-1-3-6(8)15-16-7(4-12)9(13)14/h1-3,15H,(H3,13,14)/b16-7+. The highest BCUT2D eigenvalue weighted by atomic mass is 35.5. The SMILES string of the molecule is N#C/C(=N\Nc1cccc(F)c1Cl)C(=N)N. The number of nitrogens with one attached hydrogen (secondary N) is 2. The first-order chi connectivity index (χ1) is 7.56. The summed E-state index contributed by atoms with van der Waals surface area (Å²) in [4.78, 5) is 0. The Balaban J connectivity index is 2.95. The van der Waals surface area contributed by atoms with Crippen LogP contribution in [0.25, 0.3) is 0 Å². The average Bonchev–Trinajstić information content (AvgIpc) is 2.24. The first kappa shape index (κ1) is 11.9. The van der Waals surface area contributed by atoms with Crippen LogP contribution in [-0.4, -0.2) is 11.5 Å². The first-order valence-corrected chi connectivity index (χ1v) is 4.46. The zero-order valence-electron chi connectivity index (χ0n) is 7.96. The van der Waals surface area contributed by atoms with E-state index in [1.807, 2.05) is 0 Å². The van der Waals surface area contributed by atoms with E-state index in [9.17, 15) is 4.39 Å². The Labute approximate surface area is 95.8 Å². The minimum atomic E-state index is -0.608. The van der Waals surface area contributed by atoms with Crippen LogP contribution in [0.15, 0.2) is 23.3 Å². The number of nitrogens with zero attached hydrogens (tertiary/aromatic N) is 2. The number of anilines is 1. The van der Waals surface area contributed by atoms with Gasteiger partial charge in [0.2, 0.25) is 5.71 Å². The maximum absolute atomic E-state index is 13.0. The Morgan fingerprint density at radius 3 is 2.88 bits per heavy atom. The average molecular weight is 240 g/mol. The minimum absolute atomic E-state index is 0.146. The Hall–Kier alpha value is -2.13. The van der Waals surface area contributed by atoms with Crippen LogP contribution in [0.2, 0.25) is 5.02 Å². The van der Waals surface area contributed by atoms with Gasteiger partial charge in [0.1, 0.15) is 16.9 Å². The molecule has 0 bridgehead atoms. The molecule has 82 valence electrons. The van der Waals surface area contributed by atoms with Crippen molar-refractivity contribution in [1.82, 2.24) is 0 Å². The van der Waals surface area contributed by atoms with Gasteiger partial charge in [-0.1, -0.05) is 17.7 Å². The third-order valence-corrected chi connectivity index (χ3v) is 1.98. The molecule has 0 amide bonds. The first-order valence-electron chi connectivity index (χ1n) is 4.08. The van der Waals surface area contributed by atoms with Gasteiger partial charge in [0.25, 0.3) is 0 Å². The molecule has 1 aromatic carbocycles. The van der Waals surface area contributed by atoms with E-state index >= 15 is 0 Å². The van der Waals surface area contributed by atoms with Crippen molar-refractivity contribution in [2.24, 2.45) is 10.8 Å². The molecule has 0 atom stereocenters. The number of rotatable bonds is 3. The van der Waals surface area contributed by atoms with E-state index in [0.717, 1.165) is 0 Å². The number of hydrazone groups is 1. The molecule has 0 aromatic heterocycles. The molecule has 0 saturated heterocycles. The second-order valence-electron chi connectivity index (χ2n) is 2.70. The van der Waals surface area contributed by atoms with Crippen molar-refractivity contribution in [3.63, 3.8) is 0 Å². The summed E-state index contributed by atoms with van der Waals surface area (Å²) < 4.78 is 13.0. The van der Waals surface area contributed by atoms with Crippen LogP contribution in [0.3, 0.4) is 0 Å². The maximum Gasteiger partial charge on any atom is 0.201 e. The van der Waals surface area contributed by atoms with Crippen molar-refractivity contribution in [2.45, 2.75) is 0 Å². The van der Waals surface area contributed by atoms with Gasteiger partial charge in [-0.25, -0.2) is 4.39 Å². The van der Waals surface area contributed by atoms with Crippen molar-refractivity contribution in [2.75, 3.05) is 5.43 Å². The lowest BCUT2D eigenvalue weighted by molar-refractivity contribution is 0.628. The van der Waals surface area contributed by atoms with Crippen LogP contribution in [0.1, 0.15) is 0 Å². The lowest BCUT2D eigenvalue weighted by Gasteiger charge is -2.03. The molecule has 16 heavy (non-hydrogen) atoms. The van der Waals surface area contributed by atoms with Gasteiger partial charge in [0.05, 0.1) is 5.69 Å². The van der Waals surface area contributed by atoms with Crippen molar-refractivity contribution in [3.05, 3.63) is 29.0 Å².